The Balaban J connectivity index is 0. The van der Waals surface area contributed by atoms with Gasteiger partial charge < -0.3 is 0 Å². The predicted octanol–water partition coefficient (Wildman–Crippen LogP) is -0.359. The fraction of sp³-hybridized carbons (Fsp3) is 0. The average Bonchev–Trinajstić information content (AvgIpc) is 0.811. The summed E-state index contributed by atoms with van der Waals surface area (Å²) in [6, 6.07) is 0. The Kier molecular flexibility index (Phi) is 10.6. The number of hydrogen-bond donors (Lipinski definition) is 0. The standard InChI is InChI=1S/Ce.Mo.3O. The Labute approximate surface area is 68.0 Å². The molecule has 0 saturated heterocycles. The van der Waals surface area contributed by atoms with Crippen molar-refractivity contribution in [1.82, 2.24) is 0 Å². The molecule has 0 spiro atoms. The van der Waals surface area contributed by atoms with Gasteiger partial charge >= 0.3 is 27.4 Å². The molecule has 0 amide bonds. The molecule has 3 nitrogen and oxygen atoms in total. The molecule has 0 aromatic rings. The molecule has 5 heavy (non-hydrogen) atoms. The normalized spacial score (nSPS) is 4.80. The van der Waals surface area contributed by atoms with Crippen molar-refractivity contribution < 1.29 is 69.1 Å². The van der Waals surface area contributed by atoms with E-state index in [0.29, 0.717) is 0 Å². The van der Waals surface area contributed by atoms with E-state index in [0.717, 1.165) is 0 Å². The van der Waals surface area contributed by atoms with Gasteiger partial charge in [-0.3, -0.25) is 0 Å². The summed E-state index contributed by atoms with van der Waals surface area (Å²) >= 11 is -4.11. The van der Waals surface area contributed by atoms with Crippen LogP contribution in [0.5, 0.6) is 0 Å². The summed E-state index contributed by atoms with van der Waals surface area (Å²) in [6.45, 7) is 0. The van der Waals surface area contributed by atoms with E-state index in [1.165, 1.54) is 0 Å². The SMILES string of the molecule is [Ce].[O]=[Mo](=[O])=[O]. The first-order chi connectivity index (χ1) is 1.73. The second-order valence-corrected chi connectivity index (χ2v) is 1.21. The van der Waals surface area contributed by atoms with Gasteiger partial charge in [-0.05, 0) is 0 Å². The average molecular weight is 284 g/mol. The quantitative estimate of drug-likeness (QED) is 0.571. The van der Waals surface area contributed by atoms with Crippen LogP contribution in [0.2, 0.25) is 0 Å². The van der Waals surface area contributed by atoms with Gasteiger partial charge in [-0.2, -0.15) is 0 Å². The van der Waals surface area contributed by atoms with Crippen LogP contribution in [0.3, 0.4) is 0 Å². The molecular formula is CeMoO3. The fourth-order valence-electron chi connectivity index (χ4n) is 0. The van der Waals surface area contributed by atoms with E-state index >= 15 is 0 Å². The second kappa shape index (κ2) is 5.46. The Morgan fingerprint density at radius 2 is 1.00 bits per heavy atom. The summed E-state index contributed by atoms with van der Waals surface area (Å²) in [5.74, 6) is 0. The van der Waals surface area contributed by atoms with Crippen molar-refractivity contribution in [2.75, 3.05) is 0 Å². The molecule has 0 aromatic carbocycles. The summed E-state index contributed by atoms with van der Waals surface area (Å²) < 4.78 is 25.8. The molecule has 0 N–H and O–H groups in total. The third-order valence-corrected chi connectivity index (χ3v) is 0. The molecule has 0 rings (SSSR count). The van der Waals surface area contributed by atoms with Gasteiger partial charge in [0.15, 0.2) is 0 Å². The van der Waals surface area contributed by atoms with Gasteiger partial charge in [-0.15, -0.1) is 0 Å². The van der Waals surface area contributed by atoms with Crippen molar-refractivity contribution in [3.05, 3.63) is 0 Å². The molecule has 0 saturated carbocycles. The maximum atomic E-state index is 8.59. The molecule has 0 aliphatic carbocycles. The summed E-state index contributed by atoms with van der Waals surface area (Å²) in [7, 11) is 0. The first-order valence-corrected chi connectivity index (χ1v) is 2.96. The summed E-state index contributed by atoms with van der Waals surface area (Å²) in [4.78, 5) is 0. The van der Waals surface area contributed by atoms with Crippen molar-refractivity contribution in [3.8, 4) is 0 Å². The van der Waals surface area contributed by atoms with Gasteiger partial charge in [0, 0.05) is 41.7 Å². The molecule has 0 radical (unpaired) electrons. The zero-order valence-electron chi connectivity index (χ0n) is 2.13. The van der Waals surface area contributed by atoms with Crippen LogP contribution in [-0.2, 0) is 27.4 Å². The van der Waals surface area contributed by atoms with Gasteiger partial charge in [0.25, 0.3) is 0 Å². The number of hydrogen-bond acceptors (Lipinski definition) is 3. The van der Waals surface area contributed by atoms with Gasteiger partial charge in [0.05, 0.1) is 0 Å². The van der Waals surface area contributed by atoms with E-state index in [1.54, 1.807) is 0 Å². The van der Waals surface area contributed by atoms with Gasteiger partial charge in [0.1, 0.15) is 0 Å². The minimum atomic E-state index is -4.11. The summed E-state index contributed by atoms with van der Waals surface area (Å²) in [5.41, 5.74) is 0. The van der Waals surface area contributed by atoms with Crippen molar-refractivity contribution in [2.24, 2.45) is 0 Å². The molecule has 0 fully saturated rings. The first-order valence-electron chi connectivity index (χ1n) is 0.500. The van der Waals surface area contributed by atoms with Crippen LogP contribution < -0.4 is 0 Å². The summed E-state index contributed by atoms with van der Waals surface area (Å²) in [5, 5.41) is 0. The van der Waals surface area contributed by atoms with E-state index in [4.69, 9.17) is 10.2 Å². The zero-order chi connectivity index (χ0) is 3.58. The van der Waals surface area contributed by atoms with Crippen molar-refractivity contribution in [2.45, 2.75) is 0 Å². The Morgan fingerprint density at radius 3 is 1.00 bits per heavy atom. The van der Waals surface area contributed by atoms with Crippen LogP contribution in [0, 0.1) is 41.7 Å². The Bertz CT molecular complexity index is 76.3. The van der Waals surface area contributed by atoms with E-state index in [1.807, 2.05) is 0 Å². The van der Waals surface area contributed by atoms with Crippen LogP contribution in [0.1, 0.15) is 0 Å². The monoisotopic (exact) mass is 286 g/mol. The molecule has 0 aliphatic heterocycles. The third-order valence-electron chi connectivity index (χ3n) is 0. The van der Waals surface area contributed by atoms with Gasteiger partial charge in [-0.1, -0.05) is 0 Å². The zero-order valence-corrected chi connectivity index (χ0v) is 7.28. The Hall–Kier alpha value is 1.46. The second-order valence-electron chi connectivity index (χ2n) is 0.204. The third kappa shape index (κ3) is 30.6. The minimum absolute atomic E-state index is 0. The fourth-order valence-corrected chi connectivity index (χ4v) is 0. The topological polar surface area (TPSA) is 51.2 Å². The van der Waals surface area contributed by atoms with Crippen LogP contribution >= 0.6 is 0 Å². The van der Waals surface area contributed by atoms with Crippen LogP contribution in [-0.4, -0.2) is 0 Å². The molecule has 0 bridgehead atoms. The van der Waals surface area contributed by atoms with Crippen LogP contribution in [0.4, 0.5) is 0 Å². The van der Waals surface area contributed by atoms with Crippen LogP contribution in [0.15, 0.2) is 0 Å². The van der Waals surface area contributed by atoms with Crippen molar-refractivity contribution >= 4 is 0 Å². The molecule has 5 heteroatoms. The molecule has 0 aliphatic rings. The molecule has 0 aromatic heterocycles. The van der Waals surface area contributed by atoms with Gasteiger partial charge in [0.2, 0.25) is 0 Å². The van der Waals surface area contributed by atoms with Crippen molar-refractivity contribution in [3.63, 3.8) is 0 Å². The molecular weight excluding hydrogens is 284 g/mol. The number of rotatable bonds is 0. The Morgan fingerprint density at radius 1 is 1.00 bits per heavy atom. The molecule has 28 valence electrons. The predicted molar refractivity (Wildman–Crippen MR) is 2.06 cm³/mol. The molecule has 0 unspecified atom stereocenters. The summed E-state index contributed by atoms with van der Waals surface area (Å²) in [6.07, 6.45) is 0. The van der Waals surface area contributed by atoms with E-state index in [2.05, 4.69) is 0 Å². The van der Waals surface area contributed by atoms with E-state index in [9.17, 15) is 0 Å². The molecule has 0 atom stereocenters. The van der Waals surface area contributed by atoms with E-state index in [-0.39, 0.29) is 41.7 Å². The van der Waals surface area contributed by atoms with Gasteiger partial charge in [-0.25, -0.2) is 0 Å². The van der Waals surface area contributed by atoms with Crippen LogP contribution in [0.25, 0.3) is 0 Å². The molecule has 0 heterocycles. The van der Waals surface area contributed by atoms with E-state index < -0.39 is 17.2 Å². The maximum absolute atomic E-state index is 8.59. The van der Waals surface area contributed by atoms with Crippen molar-refractivity contribution in [1.29, 1.82) is 0 Å². The first kappa shape index (κ1) is 9.69.